The molecule has 1 unspecified atom stereocenters. The van der Waals surface area contributed by atoms with Gasteiger partial charge in [-0.2, -0.15) is 0 Å². The zero-order valence-electron chi connectivity index (χ0n) is 16.3. The Morgan fingerprint density at radius 1 is 0.867 bits per heavy atom. The van der Waals surface area contributed by atoms with Gasteiger partial charge in [-0.25, -0.2) is 17.5 Å². The Hall–Kier alpha value is -3.03. The largest absolute Gasteiger partial charge is 0.349 e. The Morgan fingerprint density at radius 2 is 1.47 bits per heavy atom. The quantitative estimate of drug-likeness (QED) is 0.549. The first-order chi connectivity index (χ1) is 14.4. The van der Waals surface area contributed by atoms with Gasteiger partial charge in [-0.05, 0) is 41.8 Å². The van der Waals surface area contributed by atoms with Crippen LogP contribution in [0.4, 0.5) is 4.39 Å². The molecule has 0 saturated carbocycles. The average molecular weight is 427 g/mol. The van der Waals surface area contributed by atoms with E-state index in [1.807, 2.05) is 60.7 Å². The van der Waals surface area contributed by atoms with Crippen molar-refractivity contribution in [2.24, 2.45) is 0 Å². The summed E-state index contributed by atoms with van der Waals surface area (Å²) in [5, 5.41) is 2.99. The van der Waals surface area contributed by atoms with Gasteiger partial charge in [0.15, 0.2) is 0 Å². The standard InChI is InChI=1S/C23H23FN2O3S/c24-20-11-13-21(14-12-20)30(28,29)25-16-15-23(27)26-22(19-9-5-2-6-10-19)17-18-7-3-1-4-8-18/h1-14,22,25H,15-17H2,(H,26,27). The number of benzene rings is 3. The molecule has 0 heterocycles. The summed E-state index contributed by atoms with van der Waals surface area (Å²) in [4.78, 5) is 12.4. The van der Waals surface area contributed by atoms with Crippen LogP contribution in [-0.4, -0.2) is 20.9 Å². The van der Waals surface area contributed by atoms with Gasteiger partial charge < -0.3 is 5.32 Å². The maximum Gasteiger partial charge on any atom is 0.240 e. The van der Waals surface area contributed by atoms with Crippen LogP contribution in [0.1, 0.15) is 23.6 Å². The predicted octanol–water partition coefficient (Wildman–Crippen LogP) is 3.59. The van der Waals surface area contributed by atoms with Crippen LogP contribution in [0.5, 0.6) is 0 Å². The molecule has 0 aliphatic heterocycles. The van der Waals surface area contributed by atoms with E-state index in [9.17, 15) is 17.6 Å². The van der Waals surface area contributed by atoms with Crippen LogP contribution in [0, 0.1) is 5.82 Å². The minimum atomic E-state index is -3.80. The van der Waals surface area contributed by atoms with Crippen molar-refractivity contribution in [3.8, 4) is 0 Å². The van der Waals surface area contributed by atoms with E-state index in [4.69, 9.17) is 0 Å². The highest BCUT2D eigenvalue weighted by Crippen LogP contribution is 2.18. The number of sulfonamides is 1. The van der Waals surface area contributed by atoms with E-state index in [1.54, 1.807) is 0 Å². The van der Waals surface area contributed by atoms with E-state index in [-0.39, 0.29) is 29.8 Å². The zero-order chi connectivity index (χ0) is 21.4. The summed E-state index contributed by atoms with van der Waals surface area (Å²) in [6.07, 6.45) is 0.608. The van der Waals surface area contributed by atoms with Gasteiger partial charge in [-0.1, -0.05) is 60.7 Å². The highest BCUT2D eigenvalue weighted by atomic mass is 32.2. The molecule has 0 bridgehead atoms. The molecule has 1 atom stereocenters. The number of nitrogens with one attached hydrogen (secondary N) is 2. The Bertz CT molecular complexity index is 1060. The third-order valence-electron chi connectivity index (χ3n) is 4.59. The number of amides is 1. The lowest BCUT2D eigenvalue weighted by atomic mass is 9.98. The van der Waals surface area contributed by atoms with Gasteiger partial charge in [0.25, 0.3) is 0 Å². The minimum Gasteiger partial charge on any atom is -0.349 e. The fraction of sp³-hybridized carbons (Fsp3) is 0.174. The zero-order valence-corrected chi connectivity index (χ0v) is 17.1. The molecule has 2 N–H and O–H groups in total. The van der Waals surface area contributed by atoms with Gasteiger partial charge in [0.2, 0.25) is 15.9 Å². The fourth-order valence-electron chi connectivity index (χ4n) is 3.05. The Kier molecular flexibility index (Phi) is 7.32. The Labute approximate surface area is 176 Å². The van der Waals surface area contributed by atoms with E-state index in [0.717, 1.165) is 23.3 Å². The molecule has 0 fully saturated rings. The third-order valence-corrected chi connectivity index (χ3v) is 6.06. The molecule has 7 heteroatoms. The molecule has 0 aliphatic carbocycles. The average Bonchev–Trinajstić information content (AvgIpc) is 2.75. The summed E-state index contributed by atoms with van der Waals surface area (Å²) >= 11 is 0. The molecule has 0 radical (unpaired) electrons. The van der Waals surface area contributed by atoms with Gasteiger partial charge in [-0.15, -0.1) is 0 Å². The second kappa shape index (κ2) is 10.1. The molecule has 0 spiro atoms. The molecule has 3 rings (SSSR count). The number of halogens is 1. The van der Waals surface area contributed by atoms with Gasteiger partial charge >= 0.3 is 0 Å². The second-order valence-corrected chi connectivity index (χ2v) is 8.59. The van der Waals surface area contributed by atoms with Crippen molar-refractivity contribution >= 4 is 15.9 Å². The number of hydrogen-bond donors (Lipinski definition) is 2. The van der Waals surface area contributed by atoms with Crippen molar-refractivity contribution in [3.05, 3.63) is 102 Å². The molecule has 3 aromatic carbocycles. The van der Waals surface area contributed by atoms with Crippen molar-refractivity contribution in [1.29, 1.82) is 0 Å². The summed E-state index contributed by atoms with van der Waals surface area (Å²) in [6.45, 7) is -0.0572. The first kappa shape index (κ1) is 21.7. The Morgan fingerprint density at radius 3 is 2.10 bits per heavy atom. The minimum absolute atomic E-state index is 0.0153. The molecule has 0 saturated heterocycles. The van der Waals surface area contributed by atoms with Gasteiger partial charge in [0.05, 0.1) is 10.9 Å². The monoisotopic (exact) mass is 426 g/mol. The van der Waals surface area contributed by atoms with E-state index >= 15 is 0 Å². The highest BCUT2D eigenvalue weighted by Gasteiger charge is 2.17. The van der Waals surface area contributed by atoms with Crippen LogP contribution < -0.4 is 10.0 Å². The summed E-state index contributed by atoms with van der Waals surface area (Å²) in [5.74, 6) is -0.778. The van der Waals surface area contributed by atoms with E-state index in [2.05, 4.69) is 10.0 Å². The van der Waals surface area contributed by atoms with Crippen LogP contribution in [0.25, 0.3) is 0 Å². The summed E-state index contributed by atoms with van der Waals surface area (Å²) in [6, 6.07) is 23.8. The summed E-state index contributed by atoms with van der Waals surface area (Å²) in [5.41, 5.74) is 2.06. The van der Waals surface area contributed by atoms with Crippen molar-refractivity contribution in [3.63, 3.8) is 0 Å². The molecule has 1 amide bonds. The molecule has 0 aliphatic rings. The first-order valence-electron chi connectivity index (χ1n) is 9.57. The van der Waals surface area contributed by atoms with Crippen molar-refractivity contribution < 1.29 is 17.6 Å². The molecular formula is C23H23FN2O3S. The number of hydrogen-bond acceptors (Lipinski definition) is 3. The maximum atomic E-state index is 13.0. The number of carbonyl (C=O) groups is 1. The van der Waals surface area contributed by atoms with Crippen molar-refractivity contribution in [2.45, 2.75) is 23.8 Å². The number of rotatable bonds is 9. The molecular weight excluding hydrogens is 403 g/mol. The lowest BCUT2D eigenvalue weighted by molar-refractivity contribution is -0.121. The van der Waals surface area contributed by atoms with E-state index in [0.29, 0.717) is 6.42 Å². The molecule has 3 aromatic rings. The van der Waals surface area contributed by atoms with Crippen LogP contribution in [0.2, 0.25) is 0 Å². The third kappa shape index (κ3) is 6.23. The number of carbonyl (C=O) groups excluding carboxylic acids is 1. The van der Waals surface area contributed by atoms with Crippen LogP contribution in [-0.2, 0) is 21.2 Å². The normalized spacial score (nSPS) is 12.3. The van der Waals surface area contributed by atoms with Crippen LogP contribution in [0.3, 0.4) is 0 Å². The molecule has 5 nitrogen and oxygen atoms in total. The van der Waals surface area contributed by atoms with Gasteiger partial charge in [0, 0.05) is 13.0 Å². The molecule has 30 heavy (non-hydrogen) atoms. The predicted molar refractivity (Wildman–Crippen MR) is 114 cm³/mol. The van der Waals surface area contributed by atoms with Crippen LogP contribution >= 0.6 is 0 Å². The van der Waals surface area contributed by atoms with Gasteiger partial charge in [-0.3, -0.25) is 4.79 Å². The Balaban J connectivity index is 1.59. The second-order valence-electron chi connectivity index (χ2n) is 6.82. The van der Waals surface area contributed by atoms with E-state index < -0.39 is 15.8 Å². The summed E-state index contributed by atoms with van der Waals surface area (Å²) in [7, 11) is -3.80. The lowest BCUT2D eigenvalue weighted by Gasteiger charge is -2.20. The molecule has 0 aromatic heterocycles. The smallest absolute Gasteiger partial charge is 0.240 e. The van der Waals surface area contributed by atoms with Crippen molar-refractivity contribution in [1.82, 2.24) is 10.0 Å². The SMILES string of the molecule is O=C(CCNS(=O)(=O)c1ccc(F)cc1)NC(Cc1ccccc1)c1ccccc1. The maximum absolute atomic E-state index is 13.0. The van der Waals surface area contributed by atoms with Crippen molar-refractivity contribution in [2.75, 3.05) is 6.54 Å². The summed E-state index contributed by atoms with van der Waals surface area (Å²) < 4.78 is 39.8. The van der Waals surface area contributed by atoms with Gasteiger partial charge in [0.1, 0.15) is 5.82 Å². The molecule has 156 valence electrons. The van der Waals surface area contributed by atoms with E-state index in [1.165, 1.54) is 12.1 Å². The topological polar surface area (TPSA) is 75.3 Å². The lowest BCUT2D eigenvalue weighted by Crippen LogP contribution is -2.33. The highest BCUT2D eigenvalue weighted by molar-refractivity contribution is 7.89. The van der Waals surface area contributed by atoms with Crippen LogP contribution in [0.15, 0.2) is 89.8 Å². The first-order valence-corrected chi connectivity index (χ1v) is 11.1. The fourth-order valence-corrected chi connectivity index (χ4v) is 4.08.